The van der Waals surface area contributed by atoms with Gasteiger partial charge in [0.2, 0.25) is 5.91 Å². The standard InChI is InChI=1S/C20H25N3O2.C6H13NO.C3H9N.C2H6/c1-20(2,3)16-7-9-17(10-8-16)23(4)18(19(25)22-12-13-24)15-6-5-11-21-14-15;1-3-4-6(5-8)7-2;1-4(2)3;1-2/h5-11,13-14,18H,12H2,1-4H3,(H,22,25);5-7H,3-4H2,1-2H3;1-3H3;1-2H3. The second-order valence-electron chi connectivity index (χ2n) is 10.2. The van der Waals surface area contributed by atoms with Gasteiger partial charge < -0.3 is 30.0 Å². The predicted octanol–water partition coefficient (Wildman–Crippen LogP) is 4.65. The third kappa shape index (κ3) is 16.5. The quantitative estimate of drug-likeness (QED) is 0.421. The van der Waals surface area contributed by atoms with Gasteiger partial charge in [-0.25, -0.2) is 0 Å². The van der Waals surface area contributed by atoms with Crippen molar-refractivity contribution >= 4 is 24.2 Å². The van der Waals surface area contributed by atoms with Crippen molar-refractivity contribution in [3.8, 4) is 0 Å². The second-order valence-corrected chi connectivity index (χ2v) is 10.2. The van der Waals surface area contributed by atoms with Gasteiger partial charge in [0.05, 0.1) is 12.6 Å². The summed E-state index contributed by atoms with van der Waals surface area (Å²) in [4.78, 5) is 41.3. The van der Waals surface area contributed by atoms with Crippen molar-refractivity contribution in [1.82, 2.24) is 20.5 Å². The van der Waals surface area contributed by atoms with Gasteiger partial charge in [0.1, 0.15) is 18.6 Å². The first-order chi connectivity index (χ1) is 18.4. The Hall–Kier alpha value is -3.10. The zero-order valence-corrected chi connectivity index (χ0v) is 26.1. The lowest BCUT2D eigenvalue weighted by Crippen LogP contribution is -2.39. The molecule has 0 spiro atoms. The first kappa shape index (κ1) is 38.0. The molecule has 2 aromatic rings. The fourth-order valence-corrected chi connectivity index (χ4v) is 3.26. The predicted molar refractivity (Wildman–Crippen MR) is 164 cm³/mol. The zero-order chi connectivity index (χ0) is 30.4. The molecule has 2 unspecified atom stereocenters. The Morgan fingerprint density at radius 2 is 1.59 bits per heavy atom. The molecule has 0 aliphatic carbocycles. The van der Waals surface area contributed by atoms with E-state index in [1.807, 2.05) is 70.0 Å². The van der Waals surface area contributed by atoms with Crippen LogP contribution in [-0.2, 0) is 19.8 Å². The SMILES string of the molecule is CC.CCCC(C=O)NC.CN(C)C.CN(c1ccc(C(C)(C)C)cc1)C(C(=O)NCC=O)c1cccnc1. The number of benzene rings is 1. The van der Waals surface area contributed by atoms with Crippen molar-refractivity contribution in [3.63, 3.8) is 0 Å². The van der Waals surface area contributed by atoms with Gasteiger partial charge in [-0.3, -0.25) is 9.78 Å². The minimum atomic E-state index is -0.561. The molecular weight excluding hydrogens is 490 g/mol. The molecule has 0 radical (unpaired) electrons. The van der Waals surface area contributed by atoms with Crippen LogP contribution in [0.1, 0.15) is 71.6 Å². The number of hydrogen-bond acceptors (Lipinski definition) is 7. The van der Waals surface area contributed by atoms with E-state index in [4.69, 9.17) is 0 Å². The lowest BCUT2D eigenvalue weighted by molar-refractivity contribution is -0.123. The topological polar surface area (TPSA) is 94.6 Å². The lowest BCUT2D eigenvalue weighted by atomic mass is 9.87. The molecule has 220 valence electrons. The summed E-state index contributed by atoms with van der Waals surface area (Å²) in [6.45, 7) is 12.5. The Bertz CT molecular complexity index is 894. The van der Waals surface area contributed by atoms with Gasteiger partial charge in [-0.05, 0) is 63.8 Å². The van der Waals surface area contributed by atoms with Crippen molar-refractivity contribution in [2.24, 2.45) is 0 Å². The first-order valence-electron chi connectivity index (χ1n) is 13.6. The van der Waals surface area contributed by atoms with Crippen LogP contribution in [0.3, 0.4) is 0 Å². The van der Waals surface area contributed by atoms with Crippen molar-refractivity contribution in [1.29, 1.82) is 0 Å². The normalized spacial score (nSPS) is 11.7. The Morgan fingerprint density at radius 3 is 1.95 bits per heavy atom. The van der Waals surface area contributed by atoms with Crippen LogP contribution < -0.4 is 15.5 Å². The highest BCUT2D eigenvalue weighted by atomic mass is 16.2. The number of aldehydes is 2. The van der Waals surface area contributed by atoms with E-state index in [9.17, 15) is 14.4 Å². The largest absolute Gasteiger partial charge is 0.359 e. The van der Waals surface area contributed by atoms with E-state index in [0.717, 1.165) is 30.4 Å². The van der Waals surface area contributed by atoms with Crippen LogP contribution in [0.25, 0.3) is 0 Å². The molecule has 1 aromatic carbocycles. The molecular formula is C31H53N5O3. The van der Waals surface area contributed by atoms with Gasteiger partial charge in [0.15, 0.2) is 0 Å². The summed E-state index contributed by atoms with van der Waals surface area (Å²) in [6, 6.07) is 11.3. The van der Waals surface area contributed by atoms with Crippen LogP contribution in [0.4, 0.5) is 5.69 Å². The van der Waals surface area contributed by atoms with Crippen molar-refractivity contribution in [2.75, 3.05) is 46.7 Å². The molecule has 2 rings (SSSR count). The number of likely N-dealkylation sites (N-methyl/N-ethyl adjacent to an activating group) is 2. The third-order valence-electron chi connectivity index (χ3n) is 5.27. The number of nitrogens with one attached hydrogen (secondary N) is 2. The van der Waals surface area contributed by atoms with Gasteiger partial charge >= 0.3 is 0 Å². The summed E-state index contributed by atoms with van der Waals surface area (Å²) in [6.07, 6.45) is 6.97. The summed E-state index contributed by atoms with van der Waals surface area (Å²) in [5.74, 6) is -0.234. The number of carbonyl (C=O) groups is 3. The van der Waals surface area contributed by atoms with E-state index in [0.29, 0.717) is 6.29 Å². The summed E-state index contributed by atoms with van der Waals surface area (Å²) in [5.41, 5.74) is 2.99. The molecule has 0 saturated heterocycles. The minimum absolute atomic E-state index is 0.00754. The van der Waals surface area contributed by atoms with Crippen molar-refractivity contribution in [3.05, 3.63) is 59.9 Å². The Morgan fingerprint density at radius 1 is 1.03 bits per heavy atom. The van der Waals surface area contributed by atoms with E-state index in [-0.39, 0.29) is 23.9 Å². The molecule has 0 bridgehead atoms. The number of pyridine rings is 1. The molecule has 0 aliphatic heterocycles. The van der Waals surface area contributed by atoms with E-state index in [1.54, 1.807) is 25.5 Å². The van der Waals surface area contributed by atoms with Crippen LogP contribution in [0.15, 0.2) is 48.8 Å². The maximum absolute atomic E-state index is 12.6. The molecule has 0 aliphatic rings. The first-order valence-corrected chi connectivity index (χ1v) is 13.6. The molecule has 39 heavy (non-hydrogen) atoms. The van der Waals surface area contributed by atoms with E-state index >= 15 is 0 Å². The Balaban J connectivity index is 0. The van der Waals surface area contributed by atoms with E-state index in [1.165, 1.54) is 5.56 Å². The molecule has 8 heteroatoms. The highest BCUT2D eigenvalue weighted by Gasteiger charge is 2.26. The van der Waals surface area contributed by atoms with Gasteiger partial charge in [0, 0.05) is 30.7 Å². The molecule has 1 aromatic heterocycles. The Labute approximate surface area is 237 Å². The summed E-state index contributed by atoms with van der Waals surface area (Å²) in [5, 5.41) is 5.53. The van der Waals surface area contributed by atoms with Gasteiger partial charge in [-0.1, -0.05) is 66.2 Å². The average molecular weight is 544 g/mol. The number of carbonyl (C=O) groups excluding carboxylic acids is 3. The molecule has 0 fully saturated rings. The van der Waals surface area contributed by atoms with Crippen molar-refractivity contribution < 1.29 is 14.4 Å². The molecule has 0 saturated carbocycles. The zero-order valence-electron chi connectivity index (χ0n) is 26.1. The number of nitrogens with zero attached hydrogens (tertiary/aromatic N) is 3. The minimum Gasteiger partial charge on any atom is -0.359 e. The molecule has 2 N–H and O–H groups in total. The van der Waals surface area contributed by atoms with Gasteiger partial charge in [-0.2, -0.15) is 0 Å². The van der Waals surface area contributed by atoms with Gasteiger partial charge in [-0.15, -0.1) is 0 Å². The lowest BCUT2D eigenvalue weighted by Gasteiger charge is -2.30. The molecule has 2 atom stereocenters. The van der Waals surface area contributed by atoms with Crippen LogP contribution in [0.5, 0.6) is 0 Å². The summed E-state index contributed by atoms with van der Waals surface area (Å²) >= 11 is 0. The average Bonchev–Trinajstić information content (AvgIpc) is 2.92. The number of aromatic nitrogens is 1. The van der Waals surface area contributed by atoms with E-state index in [2.05, 4.69) is 55.4 Å². The van der Waals surface area contributed by atoms with Crippen molar-refractivity contribution in [2.45, 2.75) is 71.9 Å². The third-order valence-corrected chi connectivity index (χ3v) is 5.27. The number of amides is 1. The van der Waals surface area contributed by atoms with Crippen LogP contribution in [0, 0.1) is 0 Å². The molecule has 1 heterocycles. The van der Waals surface area contributed by atoms with Crippen LogP contribution in [-0.4, -0.2) is 76.2 Å². The highest BCUT2D eigenvalue weighted by molar-refractivity contribution is 5.87. The number of hydrogen-bond donors (Lipinski definition) is 2. The molecule has 8 nitrogen and oxygen atoms in total. The van der Waals surface area contributed by atoms with E-state index < -0.39 is 6.04 Å². The van der Waals surface area contributed by atoms with Gasteiger partial charge in [0.25, 0.3) is 0 Å². The summed E-state index contributed by atoms with van der Waals surface area (Å²) < 4.78 is 0. The smallest absolute Gasteiger partial charge is 0.247 e. The Kier molecular flexibility index (Phi) is 21.3. The number of rotatable bonds is 10. The van der Waals surface area contributed by atoms with Crippen LogP contribution in [0.2, 0.25) is 0 Å². The maximum Gasteiger partial charge on any atom is 0.247 e. The second kappa shape index (κ2) is 21.8. The monoisotopic (exact) mass is 543 g/mol. The van der Waals surface area contributed by atoms with Crippen LogP contribution >= 0.6 is 0 Å². The number of anilines is 1. The highest BCUT2D eigenvalue weighted by Crippen LogP contribution is 2.29. The maximum atomic E-state index is 12.6. The molecule has 1 amide bonds. The fraction of sp³-hybridized carbons (Fsp3) is 0.548. The summed E-state index contributed by atoms with van der Waals surface area (Å²) in [7, 11) is 9.67. The fourth-order valence-electron chi connectivity index (χ4n) is 3.26.